The number of ether oxygens (including phenoxy) is 1. The Bertz CT molecular complexity index is 696. The van der Waals surface area contributed by atoms with Crippen molar-refractivity contribution in [3.63, 3.8) is 0 Å². The highest BCUT2D eigenvalue weighted by molar-refractivity contribution is 6.03. The van der Waals surface area contributed by atoms with Crippen LogP contribution in [-0.2, 0) is 16.0 Å². The van der Waals surface area contributed by atoms with Crippen molar-refractivity contribution in [3.8, 4) is 5.75 Å². The van der Waals surface area contributed by atoms with Gasteiger partial charge in [-0.2, -0.15) is 0 Å². The van der Waals surface area contributed by atoms with Gasteiger partial charge in [-0.3, -0.25) is 14.5 Å². The first-order valence-electron chi connectivity index (χ1n) is 9.46. The van der Waals surface area contributed by atoms with E-state index in [2.05, 4.69) is 6.92 Å². The minimum absolute atomic E-state index is 0.00706. The minimum atomic E-state index is -0.905. The van der Waals surface area contributed by atoms with Crippen LogP contribution in [0, 0.1) is 16.7 Å². The summed E-state index contributed by atoms with van der Waals surface area (Å²) >= 11 is 0. The molecule has 3 atom stereocenters. The number of benzene rings is 1. The number of fused-ring (bicyclic) bond motifs is 2. The Kier molecular flexibility index (Phi) is 4.86. The summed E-state index contributed by atoms with van der Waals surface area (Å²) in [5.41, 5.74) is 0.344. The van der Waals surface area contributed by atoms with Crippen molar-refractivity contribution in [2.45, 2.75) is 53.1 Å². The lowest BCUT2D eigenvalue weighted by molar-refractivity contribution is -0.169. The molecule has 142 valence electrons. The van der Waals surface area contributed by atoms with Crippen molar-refractivity contribution < 1.29 is 19.4 Å². The number of nitrogens with zero attached hydrogens (tertiary/aromatic N) is 1. The number of hydrogen-bond donors (Lipinski definition) is 1. The molecule has 0 aromatic heterocycles. The van der Waals surface area contributed by atoms with Gasteiger partial charge in [0.2, 0.25) is 11.8 Å². The standard InChI is InChI=1S/C21H29NO4/c1-5-14-6-8-16(9-7-14)26-13-15(23)12-22-18(24)17-10-11-21(4,19(22)25)20(17,2)3/h6-9,15,17,23H,5,10-13H2,1-4H3/t15-,17+,21-/m0/s1. The van der Waals surface area contributed by atoms with Crippen LogP contribution in [0.3, 0.4) is 0 Å². The van der Waals surface area contributed by atoms with Crippen molar-refractivity contribution in [2.75, 3.05) is 13.2 Å². The molecular formula is C21H29NO4. The molecule has 1 aromatic carbocycles. The molecule has 5 nitrogen and oxygen atoms in total. The Labute approximate surface area is 155 Å². The van der Waals surface area contributed by atoms with Gasteiger partial charge >= 0.3 is 0 Å². The fraction of sp³-hybridized carbons (Fsp3) is 0.619. The zero-order valence-electron chi connectivity index (χ0n) is 16.1. The maximum atomic E-state index is 13.0. The second-order valence-corrected chi connectivity index (χ2v) is 8.36. The SMILES string of the molecule is CCc1ccc(OC[C@@H](O)CN2C(=O)[C@H]3CC[C@@](C)(C2=O)C3(C)C)cc1. The van der Waals surface area contributed by atoms with Gasteiger partial charge < -0.3 is 9.84 Å². The third kappa shape index (κ3) is 2.92. The molecule has 26 heavy (non-hydrogen) atoms. The highest BCUT2D eigenvalue weighted by Crippen LogP contribution is 2.60. The molecule has 1 heterocycles. The predicted molar refractivity (Wildman–Crippen MR) is 98.7 cm³/mol. The lowest BCUT2D eigenvalue weighted by Gasteiger charge is -2.48. The molecule has 1 saturated heterocycles. The Morgan fingerprint density at radius 3 is 2.50 bits per heavy atom. The van der Waals surface area contributed by atoms with Crippen molar-refractivity contribution >= 4 is 11.8 Å². The van der Waals surface area contributed by atoms with Crippen molar-refractivity contribution in [2.24, 2.45) is 16.7 Å². The summed E-state index contributed by atoms with van der Waals surface area (Å²) in [5.74, 6) is 0.208. The molecule has 0 unspecified atom stereocenters. The fourth-order valence-corrected chi connectivity index (χ4v) is 4.35. The largest absolute Gasteiger partial charge is 0.491 e. The monoisotopic (exact) mass is 359 g/mol. The molecule has 1 saturated carbocycles. The van der Waals surface area contributed by atoms with E-state index in [1.54, 1.807) is 0 Å². The highest BCUT2D eigenvalue weighted by Gasteiger charge is 2.64. The van der Waals surface area contributed by atoms with Gasteiger partial charge in [0.1, 0.15) is 18.5 Å². The number of imide groups is 1. The fourth-order valence-electron chi connectivity index (χ4n) is 4.35. The Balaban J connectivity index is 1.63. The summed E-state index contributed by atoms with van der Waals surface area (Å²) in [6.45, 7) is 8.10. The van der Waals surface area contributed by atoms with Gasteiger partial charge in [0.05, 0.1) is 12.0 Å². The molecule has 2 bridgehead atoms. The number of aliphatic hydroxyl groups excluding tert-OH is 1. The number of carbonyl (C=O) groups excluding carboxylic acids is 2. The van der Waals surface area contributed by atoms with Crippen LogP contribution in [0.25, 0.3) is 0 Å². The average molecular weight is 359 g/mol. The van der Waals surface area contributed by atoms with Gasteiger partial charge in [-0.05, 0) is 42.4 Å². The van der Waals surface area contributed by atoms with E-state index in [1.807, 2.05) is 45.0 Å². The smallest absolute Gasteiger partial charge is 0.235 e. The van der Waals surface area contributed by atoms with Crippen molar-refractivity contribution in [1.82, 2.24) is 4.90 Å². The first-order valence-corrected chi connectivity index (χ1v) is 9.46. The van der Waals surface area contributed by atoms with E-state index >= 15 is 0 Å². The van der Waals surface area contributed by atoms with Crippen LogP contribution in [0.5, 0.6) is 5.75 Å². The molecule has 2 aliphatic rings. The first kappa shape index (κ1) is 18.9. The number of piperidine rings is 1. The van der Waals surface area contributed by atoms with Gasteiger partial charge in [-0.25, -0.2) is 0 Å². The summed E-state index contributed by atoms with van der Waals surface area (Å²) in [5, 5.41) is 10.3. The van der Waals surface area contributed by atoms with E-state index < -0.39 is 11.5 Å². The van der Waals surface area contributed by atoms with Crippen LogP contribution in [0.1, 0.15) is 46.1 Å². The maximum Gasteiger partial charge on any atom is 0.235 e. The van der Waals surface area contributed by atoms with E-state index in [-0.39, 0.29) is 36.3 Å². The molecule has 3 rings (SSSR count). The zero-order valence-corrected chi connectivity index (χ0v) is 16.1. The van der Waals surface area contributed by atoms with Gasteiger partial charge in [0, 0.05) is 5.92 Å². The second kappa shape index (κ2) is 6.69. The van der Waals surface area contributed by atoms with Crippen LogP contribution in [-0.4, -0.2) is 41.1 Å². The van der Waals surface area contributed by atoms with Crippen LogP contribution in [0.15, 0.2) is 24.3 Å². The number of aliphatic hydroxyl groups is 1. The van der Waals surface area contributed by atoms with Gasteiger partial charge in [-0.1, -0.05) is 39.8 Å². The number of rotatable bonds is 6. The van der Waals surface area contributed by atoms with E-state index in [4.69, 9.17) is 4.74 Å². The third-order valence-electron chi connectivity index (χ3n) is 6.67. The summed E-state index contributed by atoms with van der Waals surface area (Å²) in [7, 11) is 0. The summed E-state index contributed by atoms with van der Waals surface area (Å²) in [6, 6.07) is 7.71. The van der Waals surface area contributed by atoms with E-state index in [9.17, 15) is 14.7 Å². The normalized spacial score (nSPS) is 28.3. The lowest BCUT2D eigenvalue weighted by atomic mass is 9.62. The van der Waals surface area contributed by atoms with Crippen molar-refractivity contribution in [1.29, 1.82) is 0 Å². The van der Waals surface area contributed by atoms with E-state index in [1.165, 1.54) is 10.5 Å². The molecule has 0 spiro atoms. The first-order chi connectivity index (χ1) is 12.2. The highest BCUT2D eigenvalue weighted by atomic mass is 16.5. The molecule has 1 N–H and O–H groups in total. The molecule has 1 aromatic rings. The molecular weight excluding hydrogens is 330 g/mol. The topological polar surface area (TPSA) is 66.8 Å². The predicted octanol–water partition coefficient (Wildman–Crippen LogP) is 2.80. The quantitative estimate of drug-likeness (QED) is 0.793. The molecule has 1 aliphatic carbocycles. The number of carbonyl (C=O) groups is 2. The minimum Gasteiger partial charge on any atom is -0.491 e. The Hall–Kier alpha value is -1.88. The van der Waals surface area contributed by atoms with E-state index in [0.29, 0.717) is 5.75 Å². The molecule has 2 amide bonds. The second-order valence-electron chi connectivity index (χ2n) is 8.36. The molecule has 5 heteroatoms. The number of amides is 2. The van der Waals surface area contributed by atoms with Crippen LogP contribution in [0.4, 0.5) is 0 Å². The average Bonchev–Trinajstić information content (AvgIpc) is 2.81. The molecule has 1 aliphatic heterocycles. The number of β-amino-alcohol motifs (C(OH)–C–C–N with tert-alkyl or cyclic N) is 1. The molecule has 2 fully saturated rings. The number of hydrogen-bond acceptors (Lipinski definition) is 4. The summed E-state index contributed by atoms with van der Waals surface area (Å²) in [6.07, 6.45) is 1.51. The maximum absolute atomic E-state index is 13.0. The van der Waals surface area contributed by atoms with Crippen LogP contribution < -0.4 is 4.74 Å². The van der Waals surface area contributed by atoms with Crippen LogP contribution in [0.2, 0.25) is 0 Å². The summed E-state index contributed by atoms with van der Waals surface area (Å²) in [4.78, 5) is 27.0. The van der Waals surface area contributed by atoms with Gasteiger partial charge in [-0.15, -0.1) is 0 Å². The Morgan fingerprint density at radius 2 is 1.88 bits per heavy atom. The van der Waals surface area contributed by atoms with Crippen molar-refractivity contribution in [3.05, 3.63) is 29.8 Å². The number of likely N-dealkylation sites (tertiary alicyclic amines) is 1. The van der Waals surface area contributed by atoms with Gasteiger partial charge in [0.25, 0.3) is 0 Å². The van der Waals surface area contributed by atoms with E-state index in [0.717, 1.165) is 19.3 Å². The van der Waals surface area contributed by atoms with Crippen LogP contribution >= 0.6 is 0 Å². The third-order valence-corrected chi connectivity index (χ3v) is 6.67. The summed E-state index contributed by atoms with van der Waals surface area (Å²) < 4.78 is 5.62. The van der Waals surface area contributed by atoms with Gasteiger partial charge in [0.15, 0.2) is 0 Å². The molecule has 0 radical (unpaired) electrons. The number of aryl methyl sites for hydroxylation is 1. The Morgan fingerprint density at radius 1 is 1.23 bits per heavy atom. The lowest BCUT2D eigenvalue weighted by Crippen LogP contribution is -2.60. The zero-order chi connectivity index (χ0) is 19.1.